The lowest BCUT2D eigenvalue weighted by Gasteiger charge is -2.10. The molecule has 0 fully saturated rings. The molecule has 1 heterocycles. The van der Waals surface area contributed by atoms with Crippen LogP contribution in [0, 0.1) is 13.8 Å². The third-order valence-electron chi connectivity index (χ3n) is 4.54. The number of benzene rings is 3. The topological polar surface area (TPSA) is 59.1 Å². The highest BCUT2D eigenvalue weighted by Crippen LogP contribution is 2.24. The van der Waals surface area contributed by atoms with Gasteiger partial charge in [-0.05, 0) is 61.4 Å². The molecule has 4 aromatic rings. The van der Waals surface area contributed by atoms with Crippen LogP contribution in [0.3, 0.4) is 0 Å². The molecule has 0 aliphatic rings. The Balaban J connectivity index is 1.60. The van der Waals surface area contributed by atoms with Crippen LogP contribution in [0.5, 0.6) is 0 Å². The number of rotatable bonds is 4. The van der Waals surface area contributed by atoms with Crippen molar-refractivity contribution in [2.75, 3.05) is 4.72 Å². The van der Waals surface area contributed by atoms with Crippen molar-refractivity contribution < 1.29 is 8.42 Å². The largest absolute Gasteiger partial charge is 0.280 e. The van der Waals surface area contributed by atoms with Gasteiger partial charge in [0.15, 0.2) is 0 Å². The van der Waals surface area contributed by atoms with Gasteiger partial charge in [-0.25, -0.2) is 13.4 Å². The van der Waals surface area contributed by atoms with Gasteiger partial charge in [0.1, 0.15) is 0 Å². The van der Waals surface area contributed by atoms with Crippen LogP contribution < -0.4 is 4.72 Å². The number of fused-ring (bicyclic) bond motifs is 1. The third kappa shape index (κ3) is 3.75. The lowest BCUT2D eigenvalue weighted by atomic mass is 10.1. The zero-order valence-corrected chi connectivity index (χ0v) is 16.5. The zero-order chi connectivity index (χ0) is 19.7. The molecule has 0 saturated carbocycles. The summed E-state index contributed by atoms with van der Waals surface area (Å²) < 4.78 is 28.0. The summed E-state index contributed by atoms with van der Waals surface area (Å²) >= 11 is 0. The summed E-state index contributed by atoms with van der Waals surface area (Å²) in [4.78, 5) is 4.95. The number of nitrogens with one attached hydrogen (secondary N) is 1. The number of aromatic nitrogens is 1. The van der Waals surface area contributed by atoms with Crippen LogP contribution in [0.1, 0.15) is 11.1 Å². The summed E-state index contributed by atoms with van der Waals surface area (Å²) in [6, 6.07) is 24.5. The standard InChI is InChI=1S/C23H20N2O2S/c1-16-13-17(2)15-21(14-16)28(26,27)25-20-10-7-19(8-11-20)23-12-9-18-5-3-4-6-22(18)24-23/h3-15,25H,1-2H3. The predicted molar refractivity (Wildman–Crippen MR) is 114 cm³/mol. The second-order valence-electron chi connectivity index (χ2n) is 6.90. The molecule has 0 aliphatic carbocycles. The molecule has 0 spiro atoms. The van der Waals surface area contributed by atoms with Gasteiger partial charge in [0.25, 0.3) is 10.0 Å². The smallest absolute Gasteiger partial charge is 0.261 e. The van der Waals surface area contributed by atoms with Gasteiger partial charge in [-0.3, -0.25) is 4.72 Å². The average molecular weight is 388 g/mol. The summed E-state index contributed by atoms with van der Waals surface area (Å²) in [5.41, 5.74) is 5.06. The lowest BCUT2D eigenvalue weighted by Crippen LogP contribution is -2.13. The second-order valence-corrected chi connectivity index (χ2v) is 8.58. The van der Waals surface area contributed by atoms with E-state index in [1.807, 2.05) is 68.4 Å². The maximum atomic E-state index is 12.7. The van der Waals surface area contributed by atoms with E-state index in [9.17, 15) is 8.42 Å². The van der Waals surface area contributed by atoms with E-state index >= 15 is 0 Å². The molecule has 4 rings (SSSR count). The van der Waals surface area contributed by atoms with E-state index in [-0.39, 0.29) is 4.90 Å². The van der Waals surface area contributed by atoms with Crippen molar-refractivity contribution >= 4 is 26.6 Å². The molecule has 3 aromatic carbocycles. The van der Waals surface area contributed by atoms with Gasteiger partial charge >= 0.3 is 0 Å². The first kappa shape index (κ1) is 18.2. The van der Waals surface area contributed by atoms with E-state index in [0.717, 1.165) is 33.3 Å². The fourth-order valence-electron chi connectivity index (χ4n) is 3.24. The Kier molecular flexibility index (Phi) is 4.61. The van der Waals surface area contributed by atoms with Crippen molar-refractivity contribution in [3.8, 4) is 11.3 Å². The van der Waals surface area contributed by atoms with Gasteiger partial charge in [-0.2, -0.15) is 0 Å². The van der Waals surface area contributed by atoms with Crippen molar-refractivity contribution in [1.29, 1.82) is 0 Å². The summed E-state index contributed by atoms with van der Waals surface area (Å²) in [7, 11) is -3.63. The minimum atomic E-state index is -3.63. The SMILES string of the molecule is Cc1cc(C)cc(S(=O)(=O)Nc2ccc(-c3ccc4ccccc4n3)cc2)c1. The Labute approximate surface area is 164 Å². The highest BCUT2D eigenvalue weighted by molar-refractivity contribution is 7.92. The van der Waals surface area contributed by atoms with Crippen molar-refractivity contribution in [3.63, 3.8) is 0 Å². The zero-order valence-electron chi connectivity index (χ0n) is 15.7. The molecule has 140 valence electrons. The van der Waals surface area contributed by atoms with Gasteiger partial charge < -0.3 is 0 Å². The van der Waals surface area contributed by atoms with Gasteiger partial charge in [0, 0.05) is 16.6 Å². The van der Waals surface area contributed by atoms with Crippen LogP contribution in [-0.4, -0.2) is 13.4 Å². The molecule has 0 radical (unpaired) electrons. The first-order valence-electron chi connectivity index (χ1n) is 8.98. The molecule has 1 N–H and O–H groups in total. The minimum Gasteiger partial charge on any atom is -0.280 e. The fourth-order valence-corrected chi connectivity index (χ4v) is 4.48. The number of anilines is 1. The number of aryl methyl sites for hydroxylation is 2. The van der Waals surface area contributed by atoms with E-state index in [1.165, 1.54) is 0 Å². The number of hydrogen-bond acceptors (Lipinski definition) is 3. The summed E-state index contributed by atoms with van der Waals surface area (Å²) in [5.74, 6) is 0. The first-order chi connectivity index (χ1) is 13.4. The number of nitrogens with zero attached hydrogens (tertiary/aromatic N) is 1. The maximum absolute atomic E-state index is 12.7. The van der Waals surface area contributed by atoms with Crippen LogP contribution in [0.25, 0.3) is 22.2 Å². The molecule has 0 amide bonds. The molecular formula is C23H20N2O2S. The molecule has 0 bridgehead atoms. The summed E-state index contributed by atoms with van der Waals surface area (Å²) in [5, 5.41) is 1.09. The minimum absolute atomic E-state index is 0.269. The molecule has 0 unspecified atom stereocenters. The highest BCUT2D eigenvalue weighted by Gasteiger charge is 2.15. The number of para-hydroxylation sites is 1. The molecular weight excluding hydrogens is 368 g/mol. The van der Waals surface area contributed by atoms with Crippen molar-refractivity contribution in [1.82, 2.24) is 4.98 Å². The summed E-state index contributed by atoms with van der Waals surface area (Å²) in [6.07, 6.45) is 0. The molecule has 0 aliphatic heterocycles. The van der Waals surface area contributed by atoms with Crippen LogP contribution in [-0.2, 0) is 10.0 Å². The van der Waals surface area contributed by atoms with Crippen LogP contribution in [0.4, 0.5) is 5.69 Å². The molecule has 0 saturated heterocycles. The second kappa shape index (κ2) is 7.09. The van der Waals surface area contributed by atoms with Crippen molar-refractivity contribution in [2.24, 2.45) is 0 Å². The summed E-state index contributed by atoms with van der Waals surface area (Å²) in [6.45, 7) is 3.77. The van der Waals surface area contributed by atoms with Crippen molar-refractivity contribution in [2.45, 2.75) is 18.7 Å². The van der Waals surface area contributed by atoms with Crippen LogP contribution in [0.2, 0.25) is 0 Å². The number of pyridine rings is 1. The van der Waals surface area contributed by atoms with E-state index < -0.39 is 10.0 Å². The molecule has 4 nitrogen and oxygen atoms in total. The number of hydrogen-bond donors (Lipinski definition) is 1. The molecule has 1 aromatic heterocycles. The Morgan fingerprint density at radius 3 is 2.18 bits per heavy atom. The highest BCUT2D eigenvalue weighted by atomic mass is 32.2. The van der Waals surface area contributed by atoms with Crippen LogP contribution >= 0.6 is 0 Å². The van der Waals surface area contributed by atoms with Gasteiger partial charge in [0.05, 0.1) is 16.1 Å². The lowest BCUT2D eigenvalue weighted by molar-refractivity contribution is 0.601. The maximum Gasteiger partial charge on any atom is 0.261 e. The fraction of sp³-hybridized carbons (Fsp3) is 0.0870. The van der Waals surface area contributed by atoms with Gasteiger partial charge in [-0.15, -0.1) is 0 Å². The van der Waals surface area contributed by atoms with E-state index in [0.29, 0.717) is 5.69 Å². The third-order valence-corrected chi connectivity index (χ3v) is 5.90. The average Bonchev–Trinajstić information content (AvgIpc) is 2.67. The Morgan fingerprint density at radius 2 is 1.46 bits per heavy atom. The van der Waals surface area contributed by atoms with Crippen molar-refractivity contribution in [3.05, 3.63) is 90.0 Å². The van der Waals surface area contributed by atoms with Crippen LogP contribution in [0.15, 0.2) is 83.8 Å². The normalized spacial score (nSPS) is 11.5. The molecule has 5 heteroatoms. The predicted octanol–water partition coefficient (Wildman–Crippen LogP) is 5.32. The van der Waals surface area contributed by atoms with E-state index in [1.54, 1.807) is 24.3 Å². The Hall–Kier alpha value is -3.18. The first-order valence-corrected chi connectivity index (χ1v) is 10.5. The molecule has 28 heavy (non-hydrogen) atoms. The molecule has 0 atom stereocenters. The Bertz CT molecular complexity index is 1240. The van der Waals surface area contributed by atoms with E-state index in [2.05, 4.69) is 9.71 Å². The number of sulfonamides is 1. The Morgan fingerprint density at radius 1 is 0.786 bits per heavy atom. The van der Waals surface area contributed by atoms with Gasteiger partial charge in [-0.1, -0.05) is 42.5 Å². The van der Waals surface area contributed by atoms with E-state index in [4.69, 9.17) is 0 Å². The monoisotopic (exact) mass is 388 g/mol. The quantitative estimate of drug-likeness (QED) is 0.515. The van der Waals surface area contributed by atoms with Gasteiger partial charge in [0.2, 0.25) is 0 Å².